The van der Waals surface area contributed by atoms with Crippen LogP contribution in [0.2, 0.25) is 0 Å². The minimum absolute atomic E-state index is 0.0799. The maximum absolute atomic E-state index is 8.43. The first-order valence-electron chi connectivity index (χ1n) is 4.13. The fourth-order valence-electron chi connectivity index (χ4n) is 0.895. The first kappa shape index (κ1) is 10.4. The van der Waals surface area contributed by atoms with Crippen molar-refractivity contribution in [3.8, 4) is 0 Å². The Balaban J connectivity index is 2.14. The lowest BCUT2D eigenvalue weighted by molar-refractivity contribution is 0.318. The molecule has 0 saturated carbocycles. The SMILES string of the molecule is NC(=NO)c1cnc(Sc2ncn[nH]2)cn1. The van der Waals surface area contributed by atoms with Gasteiger partial charge < -0.3 is 10.9 Å². The highest BCUT2D eigenvalue weighted by atomic mass is 32.2. The van der Waals surface area contributed by atoms with Gasteiger partial charge in [0.15, 0.2) is 11.0 Å². The van der Waals surface area contributed by atoms with Gasteiger partial charge in [0.25, 0.3) is 0 Å². The summed E-state index contributed by atoms with van der Waals surface area (Å²) in [5.74, 6) is -0.0799. The molecule has 16 heavy (non-hydrogen) atoms. The second kappa shape index (κ2) is 4.57. The minimum atomic E-state index is -0.0799. The number of nitrogens with zero attached hydrogens (tertiary/aromatic N) is 5. The van der Waals surface area contributed by atoms with Gasteiger partial charge in [-0.2, -0.15) is 5.10 Å². The molecule has 0 fully saturated rings. The van der Waals surface area contributed by atoms with E-state index in [1.54, 1.807) is 0 Å². The smallest absolute Gasteiger partial charge is 0.190 e. The van der Waals surface area contributed by atoms with E-state index in [0.717, 1.165) is 0 Å². The Labute approximate surface area is 94.0 Å². The van der Waals surface area contributed by atoms with Crippen molar-refractivity contribution >= 4 is 17.6 Å². The van der Waals surface area contributed by atoms with Crippen LogP contribution in [-0.4, -0.2) is 36.2 Å². The first-order valence-corrected chi connectivity index (χ1v) is 4.94. The molecular formula is C7H7N7OS. The molecule has 0 atom stereocenters. The molecule has 4 N–H and O–H groups in total. The van der Waals surface area contributed by atoms with E-state index in [2.05, 4.69) is 30.3 Å². The fourth-order valence-corrected chi connectivity index (χ4v) is 1.50. The maximum Gasteiger partial charge on any atom is 0.190 e. The van der Waals surface area contributed by atoms with E-state index in [1.807, 2.05) is 0 Å². The van der Waals surface area contributed by atoms with Crippen molar-refractivity contribution in [1.82, 2.24) is 25.1 Å². The number of hydrogen-bond acceptors (Lipinski definition) is 7. The van der Waals surface area contributed by atoms with Gasteiger partial charge in [0.05, 0.1) is 12.4 Å². The number of nitrogens with two attached hydrogens (primary N) is 1. The largest absolute Gasteiger partial charge is 0.409 e. The molecule has 0 unspecified atom stereocenters. The maximum atomic E-state index is 8.43. The molecule has 82 valence electrons. The van der Waals surface area contributed by atoms with E-state index in [9.17, 15) is 0 Å². The molecule has 9 heteroatoms. The molecule has 2 aromatic heterocycles. The quantitative estimate of drug-likeness (QED) is 0.293. The van der Waals surface area contributed by atoms with Crippen LogP contribution in [0.5, 0.6) is 0 Å². The number of aromatic nitrogens is 5. The third-order valence-electron chi connectivity index (χ3n) is 1.59. The van der Waals surface area contributed by atoms with Crippen LogP contribution in [0, 0.1) is 0 Å². The summed E-state index contributed by atoms with van der Waals surface area (Å²) in [7, 11) is 0. The van der Waals surface area contributed by atoms with Gasteiger partial charge in [-0.05, 0) is 11.8 Å². The lowest BCUT2D eigenvalue weighted by atomic mass is 10.4. The Bertz CT molecular complexity index is 480. The molecule has 0 amide bonds. The Hall–Kier alpha value is -2.16. The number of aromatic amines is 1. The van der Waals surface area contributed by atoms with Crippen LogP contribution in [0.25, 0.3) is 0 Å². The molecule has 0 aromatic carbocycles. The molecule has 8 nitrogen and oxygen atoms in total. The average molecular weight is 237 g/mol. The summed E-state index contributed by atoms with van der Waals surface area (Å²) in [6.45, 7) is 0. The Kier molecular flexibility index (Phi) is 2.96. The van der Waals surface area contributed by atoms with Crippen molar-refractivity contribution in [3.63, 3.8) is 0 Å². The lowest BCUT2D eigenvalue weighted by Gasteiger charge is -1.98. The zero-order chi connectivity index (χ0) is 11.4. The standard InChI is InChI=1S/C7H7N7OS/c8-6(14-15)4-1-10-5(2-9-4)16-7-11-3-12-13-7/h1-3,15H,(H2,8,14)(H,11,12,13). The number of rotatable bonds is 3. The van der Waals surface area contributed by atoms with Crippen molar-refractivity contribution in [2.24, 2.45) is 10.9 Å². The fraction of sp³-hybridized carbons (Fsp3) is 0. The highest BCUT2D eigenvalue weighted by Gasteiger charge is 2.04. The molecule has 0 aliphatic rings. The van der Waals surface area contributed by atoms with E-state index >= 15 is 0 Å². The normalized spacial score (nSPS) is 11.6. The molecule has 2 aromatic rings. The van der Waals surface area contributed by atoms with Crippen molar-refractivity contribution < 1.29 is 5.21 Å². The van der Waals surface area contributed by atoms with Crippen LogP contribution in [0.15, 0.2) is 34.1 Å². The van der Waals surface area contributed by atoms with Gasteiger partial charge in [-0.25, -0.2) is 15.0 Å². The summed E-state index contributed by atoms with van der Waals surface area (Å²) in [6.07, 6.45) is 4.31. The van der Waals surface area contributed by atoms with Crippen LogP contribution in [-0.2, 0) is 0 Å². The van der Waals surface area contributed by atoms with Crippen molar-refractivity contribution in [1.29, 1.82) is 0 Å². The van der Waals surface area contributed by atoms with E-state index < -0.39 is 0 Å². The lowest BCUT2D eigenvalue weighted by Crippen LogP contribution is -2.15. The topological polar surface area (TPSA) is 126 Å². The molecule has 0 bridgehead atoms. The zero-order valence-electron chi connectivity index (χ0n) is 7.90. The third-order valence-corrected chi connectivity index (χ3v) is 2.40. The van der Waals surface area contributed by atoms with E-state index in [0.29, 0.717) is 15.9 Å². The Morgan fingerprint density at radius 2 is 2.25 bits per heavy atom. The first-order chi connectivity index (χ1) is 7.79. The second-order valence-electron chi connectivity index (χ2n) is 2.62. The second-order valence-corrected chi connectivity index (χ2v) is 3.63. The van der Waals surface area contributed by atoms with Crippen molar-refractivity contribution in [2.45, 2.75) is 10.2 Å². The summed E-state index contributed by atoms with van der Waals surface area (Å²) in [5, 5.41) is 18.9. The predicted octanol–water partition coefficient (Wildman–Crippen LogP) is -0.160. The van der Waals surface area contributed by atoms with Crippen molar-refractivity contribution in [2.75, 3.05) is 0 Å². The molecule has 0 aliphatic heterocycles. The van der Waals surface area contributed by atoms with Gasteiger partial charge in [-0.3, -0.25) is 5.10 Å². The minimum Gasteiger partial charge on any atom is -0.409 e. The van der Waals surface area contributed by atoms with Crippen LogP contribution in [0.4, 0.5) is 0 Å². The number of hydrogen-bond donors (Lipinski definition) is 3. The third kappa shape index (κ3) is 2.25. The molecule has 0 spiro atoms. The van der Waals surface area contributed by atoms with Gasteiger partial charge in [-0.1, -0.05) is 5.16 Å². The highest BCUT2D eigenvalue weighted by Crippen LogP contribution is 2.20. The molecule has 2 rings (SSSR count). The van der Waals surface area contributed by atoms with Crippen LogP contribution in [0.3, 0.4) is 0 Å². The van der Waals surface area contributed by atoms with E-state index in [1.165, 1.54) is 30.5 Å². The van der Waals surface area contributed by atoms with Crippen LogP contribution >= 0.6 is 11.8 Å². The van der Waals surface area contributed by atoms with Gasteiger partial charge in [0, 0.05) is 0 Å². The van der Waals surface area contributed by atoms with Gasteiger partial charge in [0.2, 0.25) is 0 Å². The number of amidine groups is 1. The summed E-state index contributed by atoms with van der Waals surface area (Å²) in [5.41, 5.74) is 5.65. The molecular weight excluding hydrogens is 230 g/mol. The number of oxime groups is 1. The van der Waals surface area contributed by atoms with Gasteiger partial charge >= 0.3 is 0 Å². The Morgan fingerprint density at radius 1 is 1.38 bits per heavy atom. The molecule has 2 heterocycles. The number of nitrogens with one attached hydrogen (secondary N) is 1. The van der Waals surface area contributed by atoms with Gasteiger partial charge in [0.1, 0.15) is 17.0 Å². The van der Waals surface area contributed by atoms with Gasteiger partial charge in [-0.15, -0.1) is 0 Å². The zero-order valence-corrected chi connectivity index (χ0v) is 8.72. The highest BCUT2D eigenvalue weighted by molar-refractivity contribution is 7.99. The van der Waals surface area contributed by atoms with Crippen LogP contribution in [0.1, 0.15) is 5.69 Å². The monoisotopic (exact) mass is 237 g/mol. The average Bonchev–Trinajstić information content (AvgIpc) is 2.82. The number of H-pyrrole nitrogens is 1. The van der Waals surface area contributed by atoms with Crippen molar-refractivity contribution in [3.05, 3.63) is 24.4 Å². The summed E-state index contributed by atoms with van der Waals surface area (Å²) in [6, 6.07) is 0. The Morgan fingerprint density at radius 3 is 2.81 bits per heavy atom. The molecule has 0 saturated heterocycles. The van der Waals surface area contributed by atoms with Crippen LogP contribution < -0.4 is 5.73 Å². The summed E-state index contributed by atoms with van der Waals surface area (Å²) < 4.78 is 0. The summed E-state index contributed by atoms with van der Waals surface area (Å²) in [4.78, 5) is 12.0. The summed E-state index contributed by atoms with van der Waals surface area (Å²) >= 11 is 1.28. The van der Waals surface area contributed by atoms with E-state index in [4.69, 9.17) is 10.9 Å². The predicted molar refractivity (Wildman–Crippen MR) is 55.0 cm³/mol. The van der Waals surface area contributed by atoms with E-state index in [-0.39, 0.29) is 5.84 Å². The molecule has 0 radical (unpaired) electrons. The molecule has 0 aliphatic carbocycles.